The molecule has 0 spiro atoms. The summed E-state index contributed by atoms with van der Waals surface area (Å²) >= 11 is 0. The fourth-order valence-electron chi connectivity index (χ4n) is 6.42. The normalized spacial score (nSPS) is 33.0. The largest absolute Gasteiger partial charge is 0.507 e. The molecule has 3 aliphatic rings. The van der Waals surface area contributed by atoms with Crippen LogP contribution in [0.3, 0.4) is 0 Å². The Morgan fingerprint density at radius 3 is 2.37 bits per heavy atom. The third-order valence-electron chi connectivity index (χ3n) is 8.18. The molecule has 1 fully saturated rings. The van der Waals surface area contributed by atoms with Crippen molar-refractivity contribution >= 4 is 23.3 Å². The Hall–Kier alpha value is -2.92. The first-order valence-corrected chi connectivity index (χ1v) is 12.8. The number of nitrogens with one attached hydrogen (secondary N) is 1. The lowest BCUT2D eigenvalue weighted by atomic mass is 9.54. The maximum Gasteiger partial charge on any atom is 0.235 e. The van der Waals surface area contributed by atoms with E-state index in [-0.39, 0.29) is 22.3 Å². The number of aliphatic hydroxyl groups is 2. The lowest BCUT2D eigenvalue weighted by Crippen LogP contribution is -2.71. The van der Waals surface area contributed by atoms with E-state index in [0.717, 1.165) is 6.08 Å². The van der Waals surface area contributed by atoms with Gasteiger partial charge in [-0.05, 0) is 37.1 Å². The van der Waals surface area contributed by atoms with Gasteiger partial charge in [-0.3, -0.25) is 24.1 Å². The van der Waals surface area contributed by atoms with Crippen LogP contribution < -0.4 is 11.1 Å². The van der Waals surface area contributed by atoms with Crippen LogP contribution in [0.4, 0.5) is 0 Å². The van der Waals surface area contributed by atoms with Gasteiger partial charge in [0.05, 0.1) is 17.7 Å². The standard InChI is InChI=1S/C28H37N3O7/c1-12-14-8-7-13(10-30-11-27(2,3)4)21(32)17(14)22(33)15-9-28(38)19(23(34)16(12)15)20(31(5)6)24(35)18(25(28)36)26(29)37/h7-9,12,16,18-20,23,30,32,34,38H,10-11H2,1-6H3,(H2,29,37)/t12-,16?,18?,19?,20-,23-,28+/m0/s1. The van der Waals surface area contributed by atoms with Gasteiger partial charge in [-0.1, -0.05) is 39.8 Å². The lowest BCUT2D eigenvalue weighted by Gasteiger charge is -2.53. The van der Waals surface area contributed by atoms with Crippen molar-refractivity contribution in [1.82, 2.24) is 10.2 Å². The van der Waals surface area contributed by atoms with Crippen LogP contribution >= 0.6 is 0 Å². The van der Waals surface area contributed by atoms with E-state index in [1.54, 1.807) is 33.2 Å². The van der Waals surface area contributed by atoms with E-state index in [9.17, 15) is 34.5 Å². The molecule has 0 aliphatic heterocycles. The number of aliphatic hydroxyl groups excluding tert-OH is 1. The molecular weight excluding hydrogens is 490 g/mol. The summed E-state index contributed by atoms with van der Waals surface area (Å²) in [5, 5.41) is 37.7. The number of aromatic hydroxyl groups is 1. The van der Waals surface area contributed by atoms with Crippen molar-refractivity contribution in [3.8, 4) is 5.75 Å². The number of amides is 1. The second-order valence-corrected chi connectivity index (χ2v) is 12.3. The van der Waals surface area contributed by atoms with Gasteiger partial charge in [0.15, 0.2) is 23.3 Å². The summed E-state index contributed by atoms with van der Waals surface area (Å²) in [7, 11) is 3.08. The molecule has 1 saturated carbocycles. The molecule has 4 rings (SSSR count). The van der Waals surface area contributed by atoms with Crippen molar-refractivity contribution in [3.63, 3.8) is 0 Å². The van der Waals surface area contributed by atoms with E-state index in [4.69, 9.17) is 5.73 Å². The number of hydrogen-bond donors (Lipinski definition) is 5. The molecule has 3 unspecified atom stereocenters. The highest BCUT2D eigenvalue weighted by atomic mass is 16.3. The van der Waals surface area contributed by atoms with E-state index in [2.05, 4.69) is 26.1 Å². The number of fused-ring (bicyclic) bond motifs is 3. The van der Waals surface area contributed by atoms with Crippen molar-refractivity contribution in [2.45, 2.75) is 57.9 Å². The molecule has 10 heteroatoms. The van der Waals surface area contributed by atoms with E-state index in [1.807, 2.05) is 0 Å². The number of rotatable bonds is 5. The quantitative estimate of drug-likeness (QED) is 0.337. The molecule has 1 amide bonds. The van der Waals surface area contributed by atoms with Gasteiger partial charge in [-0.25, -0.2) is 0 Å². The monoisotopic (exact) mass is 527 g/mol. The summed E-state index contributed by atoms with van der Waals surface area (Å²) in [5.41, 5.74) is 3.97. The topological polar surface area (TPSA) is 170 Å². The van der Waals surface area contributed by atoms with E-state index in [0.29, 0.717) is 24.2 Å². The fraction of sp³-hybridized carbons (Fsp3) is 0.571. The molecule has 0 saturated heterocycles. The summed E-state index contributed by atoms with van der Waals surface area (Å²) in [6, 6.07) is 2.29. The van der Waals surface area contributed by atoms with Gasteiger partial charge < -0.3 is 26.4 Å². The Balaban J connectivity index is 1.84. The van der Waals surface area contributed by atoms with Crippen LogP contribution in [0.25, 0.3) is 0 Å². The molecule has 0 bridgehead atoms. The molecule has 1 aromatic carbocycles. The second kappa shape index (κ2) is 9.37. The number of phenolic OH excluding ortho intramolecular Hbond substituents is 1. The van der Waals surface area contributed by atoms with Gasteiger partial charge in [0, 0.05) is 36.1 Å². The highest BCUT2D eigenvalue weighted by molar-refractivity contribution is 6.25. The number of hydrogen-bond acceptors (Lipinski definition) is 9. The van der Waals surface area contributed by atoms with Gasteiger partial charge in [-0.2, -0.15) is 0 Å². The van der Waals surface area contributed by atoms with E-state index in [1.165, 1.54) is 4.90 Å². The molecule has 0 heterocycles. The number of carbonyl (C=O) groups is 4. The molecule has 7 atom stereocenters. The molecule has 206 valence electrons. The number of nitrogens with zero attached hydrogens (tertiary/aromatic N) is 1. The smallest absolute Gasteiger partial charge is 0.235 e. The number of carbonyl (C=O) groups excluding carboxylic acids is 4. The number of ketones is 3. The number of nitrogens with two attached hydrogens (primary N) is 1. The minimum atomic E-state index is -2.48. The van der Waals surface area contributed by atoms with Gasteiger partial charge in [0.2, 0.25) is 5.91 Å². The zero-order valence-electron chi connectivity index (χ0n) is 22.6. The second-order valence-electron chi connectivity index (χ2n) is 12.3. The third-order valence-corrected chi connectivity index (χ3v) is 8.18. The van der Waals surface area contributed by atoms with E-state index >= 15 is 0 Å². The molecule has 0 aromatic heterocycles. The van der Waals surface area contributed by atoms with Gasteiger partial charge in [0.25, 0.3) is 0 Å². The molecular formula is C28H37N3O7. The van der Waals surface area contributed by atoms with Gasteiger partial charge in [-0.15, -0.1) is 0 Å². The highest BCUT2D eigenvalue weighted by Crippen LogP contribution is 2.53. The van der Waals surface area contributed by atoms with Crippen molar-refractivity contribution in [2.75, 3.05) is 20.6 Å². The Morgan fingerprint density at radius 1 is 1.18 bits per heavy atom. The number of likely N-dealkylation sites (N-methyl/N-ethyl adjacent to an activating group) is 1. The Morgan fingerprint density at radius 2 is 1.82 bits per heavy atom. The number of phenols is 1. The maximum absolute atomic E-state index is 13.8. The Bertz CT molecular complexity index is 1250. The first-order valence-electron chi connectivity index (χ1n) is 12.8. The first kappa shape index (κ1) is 28.1. The maximum atomic E-state index is 13.8. The van der Waals surface area contributed by atoms with Crippen LogP contribution in [0.5, 0.6) is 5.75 Å². The van der Waals surface area contributed by atoms with Crippen LogP contribution in [-0.4, -0.2) is 81.9 Å². The molecule has 0 radical (unpaired) electrons. The third kappa shape index (κ3) is 4.20. The Labute approximate surface area is 221 Å². The zero-order valence-corrected chi connectivity index (χ0v) is 22.6. The number of benzene rings is 1. The van der Waals surface area contributed by atoms with Crippen LogP contribution in [0.1, 0.15) is 55.1 Å². The molecule has 1 aromatic rings. The average Bonchev–Trinajstić information content (AvgIpc) is 2.78. The minimum absolute atomic E-state index is 0.0114. The lowest BCUT2D eigenvalue weighted by molar-refractivity contribution is -0.174. The van der Waals surface area contributed by atoms with Gasteiger partial charge in [0.1, 0.15) is 11.4 Å². The average molecular weight is 528 g/mol. The predicted molar refractivity (Wildman–Crippen MR) is 138 cm³/mol. The summed E-state index contributed by atoms with van der Waals surface area (Å²) in [6.45, 7) is 9.00. The summed E-state index contributed by atoms with van der Waals surface area (Å²) in [4.78, 5) is 53.9. The number of Topliss-reactive ketones (excluding diaryl/α,β-unsaturated/α-hetero) is 3. The van der Waals surface area contributed by atoms with Crippen LogP contribution in [-0.2, 0) is 20.9 Å². The van der Waals surface area contributed by atoms with Crippen molar-refractivity contribution in [2.24, 2.45) is 28.9 Å². The van der Waals surface area contributed by atoms with Crippen LogP contribution in [0.2, 0.25) is 0 Å². The summed E-state index contributed by atoms with van der Waals surface area (Å²) in [5.74, 6) is -8.55. The van der Waals surface area contributed by atoms with Crippen molar-refractivity contribution < 1.29 is 34.5 Å². The predicted octanol–water partition coefficient (Wildman–Crippen LogP) is 0.276. The molecule has 38 heavy (non-hydrogen) atoms. The zero-order chi connectivity index (χ0) is 28.5. The van der Waals surface area contributed by atoms with Crippen LogP contribution in [0.15, 0.2) is 23.8 Å². The molecule has 10 nitrogen and oxygen atoms in total. The summed E-state index contributed by atoms with van der Waals surface area (Å²) in [6.07, 6.45) is -0.390. The highest BCUT2D eigenvalue weighted by Gasteiger charge is 2.66. The summed E-state index contributed by atoms with van der Waals surface area (Å²) < 4.78 is 0. The minimum Gasteiger partial charge on any atom is -0.507 e. The Kier molecular flexibility index (Phi) is 6.93. The van der Waals surface area contributed by atoms with Crippen LogP contribution in [0, 0.1) is 23.2 Å². The SMILES string of the molecule is C[C@H]1c2ccc(CNCC(C)(C)C)c(O)c2C(=O)C2=C[C@]3(O)C(=O)C(C(N)=O)C(=O)[C@@H](N(C)C)C3[C@@H](O)C21. The first-order chi connectivity index (χ1) is 17.5. The van der Waals surface area contributed by atoms with Gasteiger partial charge >= 0.3 is 0 Å². The molecule has 3 aliphatic carbocycles. The molecule has 6 N–H and O–H groups in total. The van der Waals surface area contributed by atoms with Crippen molar-refractivity contribution in [3.05, 3.63) is 40.5 Å². The fourth-order valence-corrected chi connectivity index (χ4v) is 6.42. The van der Waals surface area contributed by atoms with Crippen molar-refractivity contribution in [1.29, 1.82) is 0 Å². The number of primary amides is 1. The van der Waals surface area contributed by atoms with E-state index < -0.39 is 64.7 Å².